The molecule has 0 saturated carbocycles. The fraction of sp³-hybridized carbons (Fsp3) is 0.353. The summed E-state index contributed by atoms with van der Waals surface area (Å²) in [5.41, 5.74) is 2.01. The Labute approximate surface area is 153 Å². The standard InChI is InChI=1S/C17H19N3O3S2/c21-15(22)8-2-1-5-9-19-16(23)20(25-17(19)24)11-12-10-18-14-7-4-3-6-13(12)14/h3-4,6-7,10,18H,1-2,5,8-9,11H2,(H,21,22). The van der Waals surface area contributed by atoms with Gasteiger partial charge in [-0.15, -0.1) is 0 Å². The van der Waals surface area contributed by atoms with E-state index in [1.54, 1.807) is 8.52 Å². The van der Waals surface area contributed by atoms with Crippen molar-refractivity contribution >= 4 is 40.6 Å². The summed E-state index contributed by atoms with van der Waals surface area (Å²) < 4.78 is 3.84. The molecule has 0 fully saturated rings. The number of nitrogens with zero attached hydrogens (tertiary/aromatic N) is 2. The summed E-state index contributed by atoms with van der Waals surface area (Å²) in [6.45, 7) is 1.03. The van der Waals surface area contributed by atoms with E-state index in [-0.39, 0.29) is 12.1 Å². The number of rotatable bonds is 8. The average Bonchev–Trinajstić information content (AvgIpc) is 3.10. The van der Waals surface area contributed by atoms with Gasteiger partial charge < -0.3 is 10.1 Å². The average molecular weight is 377 g/mol. The molecule has 2 heterocycles. The topological polar surface area (TPSA) is 80.0 Å². The molecule has 8 heteroatoms. The van der Waals surface area contributed by atoms with Gasteiger partial charge in [-0.3, -0.25) is 9.36 Å². The summed E-state index contributed by atoms with van der Waals surface area (Å²) in [7, 11) is 0. The first-order valence-corrected chi connectivity index (χ1v) is 9.32. The summed E-state index contributed by atoms with van der Waals surface area (Å²) in [5.74, 6) is -0.784. The largest absolute Gasteiger partial charge is 0.481 e. The third-order valence-corrected chi connectivity index (χ3v) is 5.44. The van der Waals surface area contributed by atoms with Crippen molar-refractivity contribution in [3.05, 3.63) is 50.5 Å². The number of benzene rings is 1. The molecule has 0 saturated heterocycles. The lowest BCUT2D eigenvalue weighted by atomic mass is 10.2. The maximum absolute atomic E-state index is 12.6. The first-order valence-electron chi connectivity index (χ1n) is 8.14. The number of aromatic nitrogens is 3. The van der Waals surface area contributed by atoms with E-state index in [0.717, 1.165) is 29.3 Å². The Bertz CT molecular complexity index is 996. The molecule has 2 N–H and O–H groups in total. The van der Waals surface area contributed by atoms with Crippen LogP contribution in [0.5, 0.6) is 0 Å². The molecule has 0 aliphatic heterocycles. The monoisotopic (exact) mass is 377 g/mol. The van der Waals surface area contributed by atoms with Crippen LogP contribution in [0.3, 0.4) is 0 Å². The number of carbonyl (C=O) groups is 1. The van der Waals surface area contributed by atoms with Crippen LogP contribution in [0.4, 0.5) is 0 Å². The Morgan fingerprint density at radius 1 is 1.24 bits per heavy atom. The number of fused-ring (bicyclic) bond motifs is 1. The highest BCUT2D eigenvalue weighted by molar-refractivity contribution is 7.73. The van der Waals surface area contributed by atoms with Crippen molar-refractivity contribution in [1.29, 1.82) is 0 Å². The number of aliphatic carboxylic acids is 1. The molecule has 3 aromatic rings. The van der Waals surface area contributed by atoms with E-state index in [2.05, 4.69) is 4.98 Å². The molecule has 0 radical (unpaired) electrons. The second-order valence-corrected chi connectivity index (χ2v) is 7.55. The van der Waals surface area contributed by atoms with Gasteiger partial charge in [-0.1, -0.05) is 24.6 Å². The van der Waals surface area contributed by atoms with Crippen molar-refractivity contribution in [1.82, 2.24) is 13.5 Å². The minimum atomic E-state index is -0.784. The molecule has 0 bridgehead atoms. The normalized spacial score (nSPS) is 11.2. The molecule has 0 aliphatic carbocycles. The van der Waals surface area contributed by atoms with E-state index in [1.807, 2.05) is 30.5 Å². The number of unbranched alkanes of at least 4 members (excludes halogenated alkanes) is 2. The second kappa shape index (κ2) is 7.79. The predicted molar refractivity (Wildman–Crippen MR) is 101 cm³/mol. The minimum absolute atomic E-state index is 0.0986. The lowest BCUT2D eigenvalue weighted by Crippen LogP contribution is -2.24. The number of nitrogens with one attached hydrogen (secondary N) is 1. The van der Waals surface area contributed by atoms with Gasteiger partial charge in [0.1, 0.15) is 0 Å². The van der Waals surface area contributed by atoms with Crippen molar-refractivity contribution in [3.8, 4) is 0 Å². The number of carboxylic acids is 1. The van der Waals surface area contributed by atoms with Crippen LogP contribution >= 0.6 is 23.8 Å². The molecular weight excluding hydrogens is 358 g/mol. The van der Waals surface area contributed by atoms with E-state index in [1.165, 1.54) is 11.5 Å². The van der Waals surface area contributed by atoms with Crippen molar-refractivity contribution in [2.24, 2.45) is 0 Å². The van der Waals surface area contributed by atoms with Gasteiger partial charge in [-0.2, -0.15) is 0 Å². The molecule has 0 unspecified atom stereocenters. The molecule has 2 aromatic heterocycles. The van der Waals surface area contributed by atoms with Crippen LogP contribution < -0.4 is 5.69 Å². The molecule has 0 spiro atoms. The molecule has 0 amide bonds. The quantitative estimate of drug-likeness (QED) is 0.464. The predicted octanol–water partition coefficient (Wildman–Crippen LogP) is 3.62. The summed E-state index contributed by atoms with van der Waals surface area (Å²) in [6.07, 6.45) is 4.23. The molecule has 25 heavy (non-hydrogen) atoms. The van der Waals surface area contributed by atoms with E-state index in [9.17, 15) is 9.59 Å². The molecule has 6 nitrogen and oxygen atoms in total. The van der Waals surface area contributed by atoms with Gasteiger partial charge in [-0.25, -0.2) is 8.75 Å². The lowest BCUT2D eigenvalue weighted by Gasteiger charge is -2.01. The Kier molecular flexibility index (Phi) is 5.50. The third-order valence-electron chi connectivity index (χ3n) is 4.11. The van der Waals surface area contributed by atoms with Crippen LogP contribution in [0, 0.1) is 3.95 Å². The second-order valence-electron chi connectivity index (χ2n) is 5.89. The van der Waals surface area contributed by atoms with Gasteiger partial charge in [0, 0.05) is 30.1 Å². The molecular formula is C17H19N3O3S2. The number of H-pyrrole nitrogens is 1. The highest BCUT2D eigenvalue weighted by Gasteiger charge is 2.10. The fourth-order valence-corrected chi connectivity index (χ4v) is 4.10. The van der Waals surface area contributed by atoms with Crippen molar-refractivity contribution in [3.63, 3.8) is 0 Å². The van der Waals surface area contributed by atoms with Crippen LogP contribution in [0.2, 0.25) is 0 Å². The van der Waals surface area contributed by atoms with Gasteiger partial charge in [0.15, 0.2) is 3.95 Å². The maximum Gasteiger partial charge on any atom is 0.339 e. The Morgan fingerprint density at radius 2 is 2.04 bits per heavy atom. The van der Waals surface area contributed by atoms with Crippen molar-refractivity contribution in [2.45, 2.75) is 38.8 Å². The number of aromatic amines is 1. The molecule has 3 rings (SSSR count). The number of hydrogen-bond donors (Lipinski definition) is 2. The van der Waals surface area contributed by atoms with Gasteiger partial charge in [-0.05, 0) is 48.2 Å². The summed E-state index contributed by atoms with van der Waals surface area (Å²) in [5, 5.41) is 9.75. The van der Waals surface area contributed by atoms with Crippen LogP contribution in [-0.2, 0) is 17.9 Å². The van der Waals surface area contributed by atoms with E-state index >= 15 is 0 Å². The van der Waals surface area contributed by atoms with Crippen LogP contribution in [0.15, 0.2) is 35.3 Å². The lowest BCUT2D eigenvalue weighted by molar-refractivity contribution is -0.137. The van der Waals surface area contributed by atoms with E-state index in [4.69, 9.17) is 17.3 Å². The Morgan fingerprint density at radius 3 is 2.84 bits per heavy atom. The summed E-state index contributed by atoms with van der Waals surface area (Å²) >= 11 is 6.62. The molecule has 0 aliphatic rings. The van der Waals surface area contributed by atoms with Gasteiger partial charge in [0.2, 0.25) is 0 Å². The summed E-state index contributed by atoms with van der Waals surface area (Å²) in [6, 6.07) is 7.99. The van der Waals surface area contributed by atoms with E-state index in [0.29, 0.717) is 23.5 Å². The highest BCUT2D eigenvalue weighted by atomic mass is 32.2. The minimum Gasteiger partial charge on any atom is -0.481 e. The van der Waals surface area contributed by atoms with Crippen LogP contribution in [0.25, 0.3) is 10.9 Å². The SMILES string of the molecule is O=C(O)CCCCCn1c(=S)sn(Cc2c[nH]c3ccccc23)c1=O. The van der Waals surface area contributed by atoms with Crippen molar-refractivity contribution in [2.75, 3.05) is 0 Å². The highest BCUT2D eigenvalue weighted by Crippen LogP contribution is 2.19. The number of hydrogen-bond acceptors (Lipinski definition) is 4. The van der Waals surface area contributed by atoms with Gasteiger partial charge >= 0.3 is 11.7 Å². The van der Waals surface area contributed by atoms with Crippen LogP contribution in [-0.4, -0.2) is 24.6 Å². The van der Waals surface area contributed by atoms with Crippen molar-refractivity contribution < 1.29 is 9.90 Å². The summed E-state index contributed by atoms with van der Waals surface area (Å²) in [4.78, 5) is 26.3. The third kappa shape index (κ3) is 4.08. The molecule has 1 aromatic carbocycles. The first-order chi connectivity index (χ1) is 12.1. The van der Waals surface area contributed by atoms with Crippen LogP contribution in [0.1, 0.15) is 31.2 Å². The van der Waals surface area contributed by atoms with E-state index < -0.39 is 5.97 Å². The van der Waals surface area contributed by atoms with Gasteiger partial charge in [0.05, 0.1) is 6.54 Å². The zero-order valence-electron chi connectivity index (χ0n) is 13.6. The number of para-hydroxylation sites is 1. The zero-order chi connectivity index (χ0) is 17.8. The first kappa shape index (κ1) is 17.6. The number of carboxylic acid groups (broad SMARTS) is 1. The Hall–Kier alpha value is -2.19. The molecule has 0 atom stereocenters. The smallest absolute Gasteiger partial charge is 0.339 e. The Balaban J connectivity index is 1.70. The van der Waals surface area contributed by atoms with Gasteiger partial charge in [0.25, 0.3) is 0 Å². The maximum atomic E-state index is 12.6. The molecule has 132 valence electrons. The zero-order valence-corrected chi connectivity index (χ0v) is 15.2. The fourth-order valence-electron chi connectivity index (χ4n) is 2.82.